The Morgan fingerprint density at radius 3 is 2.42 bits per heavy atom. The Balaban J connectivity index is 1.16. The van der Waals surface area contributed by atoms with Crippen LogP contribution in [0.15, 0.2) is 77.4 Å². The number of aromatic nitrogens is 3. The van der Waals surface area contributed by atoms with Crippen molar-refractivity contribution >= 4 is 43.9 Å². The van der Waals surface area contributed by atoms with Crippen LogP contribution in [0.25, 0.3) is 11.3 Å². The predicted molar refractivity (Wildman–Crippen MR) is 147 cm³/mol. The van der Waals surface area contributed by atoms with Crippen LogP contribution < -0.4 is 19.7 Å². The molecule has 2 aromatic heterocycles. The lowest BCUT2D eigenvalue weighted by molar-refractivity contribution is -0.120. The number of carbonyl (C=O) groups excluding carboxylic acids is 1. The maximum atomic E-state index is 12.9. The van der Waals surface area contributed by atoms with E-state index in [1.54, 1.807) is 30.9 Å². The Morgan fingerprint density at radius 1 is 1.03 bits per heavy atom. The number of nitrogens with zero attached hydrogens (tertiary/aromatic N) is 4. The first-order chi connectivity index (χ1) is 18.4. The van der Waals surface area contributed by atoms with E-state index in [1.807, 2.05) is 30.3 Å². The molecule has 196 valence electrons. The Kier molecular flexibility index (Phi) is 7.52. The zero-order valence-electron chi connectivity index (χ0n) is 20.6. The fourth-order valence-corrected chi connectivity index (χ4v) is 6.01. The number of anilines is 3. The maximum Gasteiger partial charge on any atom is 0.263 e. The molecule has 1 fully saturated rings. The van der Waals surface area contributed by atoms with Crippen LogP contribution in [0.4, 0.5) is 16.6 Å². The average molecular weight is 551 g/mol. The van der Waals surface area contributed by atoms with Gasteiger partial charge in [0.15, 0.2) is 5.13 Å². The lowest BCUT2D eigenvalue weighted by atomic mass is 9.95. The van der Waals surface area contributed by atoms with Crippen LogP contribution in [0, 0.1) is 5.92 Å². The molecule has 0 spiro atoms. The minimum atomic E-state index is -3.74. The molecule has 12 heteroatoms. The minimum absolute atomic E-state index is 0.0808. The molecule has 1 amide bonds. The van der Waals surface area contributed by atoms with Crippen molar-refractivity contribution in [3.8, 4) is 17.0 Å². The number of amides is 1. The Labute approximate surface area is 224 Å². The van der Waals surface area contributed by atoms with Crippen molar-refractivity contribution in [1.82, 2.24) is 15.0 Å². The smallest absolute Gasteiger partial charge is 0.263 e. The molecule has 5 rings (SSSR count). The van der Waals surface area contributed by atoms with E-state index in [1.165, 1.54) is 29.7 Å². The summed E-state index contributed by atoms with van der Waals surface area (Å²) in [6.45, 7) is 1.38. The molecule has 4 aromatic rings. The lowest BCUT2D eigenvalue weighted by Gasteiger charge is -2.32. The second-order valence-corrected chi connectivity index (χ2v) is 11.3. The summed E-state index contributed by atoms with van der Waals surface area (Å²) in [7, 11) is -2.11. The number of rotatable bonds is 8. The summed E-state index contributed by atoms with van der Waals surface area (Å²) in [6.07, 6.45) is 4.44. The van der Waals surface area contributed by atoms with Crippen LogP contribution in [0.2, 0.25) is 0 Å². The standard InChI is InChI=1S/C26H26N6O4S2/c1-36-21-6-2-18(3-7-21)23-16-24(29-17-28-23)32-13-10-19(11-14-32)25(33)30-20-4-8-22(9-5-20)38(34,35)31-26-27-12-15-37-26/h2-9,12,15-17,19H,10-11,13-14H2,1H3,(H,27,31)(H,30,33). The first-order valence-corrected chi connectivity index (χ1v) is 14.3. The van der Waals surface area contributed by atoms with Crippen molar-refractivity contribution in [1.29, 1.82) is 0 Å². The summed E-state index contributed by atoms with van der Waals surface area (Å²) in [5, 5.41) is 4.90. The van der Waals surface area contributed by atoms with Crippen LogP contribution in [-0.4, -0.2) is 49.5 Å². The zero-order valence-corrected chi connectivity index (χ0v) is 22.2. The van der Waals surface area contributed by atoms with Gasteiger partial charge in [-0.25, -0.2) is 23.4 Å². The van der Waals surface area contributed by atoms with Crippen LogP contribution in [0.1, 0.15) is 12.8 Å². The summed E-state index contributed by atoms with van der Waals surface area (Å²) >= 11 is 1.20. The molecule has 3 heterocycles. The van der Waals surface area contributed by atoms with Gasteiger partial charge in [0.05, 0.1) is 17.7 Å². The van der Waals surface area contributed by atoms with E-state index in [4.69, 9.17) is 4.74 Å². The predicted octanol–water partition coefficient (Wildman–Crippen LogP) is 4.26. The molecule has 0 aliphatic carbocycles. The Hall–Kier alpha value is -4.03. The van der Waals surface area contributed by atoms with Gasteiger partial charge in [-0.1, -0.05) is 0 Å². The van der Waals surface area contributed by atoms with Gasteiger partial charge in [-0.05, 0) is 61.4 Å². The van der Waals surface area contributed by atoms with E-state index in [2.05, 4.69) is 29.9 Å². The summed E-state index contributed by atoms with van der Waals surface area (Å²) in [6, 6.07) is 15.8. The van der Waals surface area contributed by atoms with Crippen LogP contribution in [0.3, 0.4) is 0 Å². The highest BCUT2D eigenvalue weighted by Gasteiger charge is 2.26. The number of sulfonamides is 1. The summed E-state index contributed by atoms with van der Waals surface area (Å²) in [4.78, 5) is 27.9. The van der Waals surface area contributed by atoms with Gasteiger partial charge >= 0.3 is 0 Å². The van der Waals surface area contributed by atoms with E-state index in [0.29, 0.717) is 36.8 Å². The number of piperidine rings is 1. The molecule has 0 radical (unpaired) electrons. The Bertz CT molecular complexity index is 1490. The molecule has 0 bridgehead atoms. The number of methoxy groups -OCH3 is 1. The number of hydrogen-bond acceptors (Lipinski definition) is 9. The van der Waals surface area contributed by atoms with E-state index in [0.717, 1.165) is 22.8 Å². The minimum Gasteiger partial charge on any atom is -0.497 e. The second-order valence-electron chi connectivity index (χ2n) is 8.71. The highest BCUT2D eigenvalue weighted by molar-refractivity contribution is 7.93. The van der Waals surface area contributed by atoms with Crippen molar-refractivity contribution in [2.75, 3.05) is 35.1 Å². The van der Waals surface area contributed by atoms with Gasteiger partial charge in [-0.15, -0.1) is 11.3 Å². The largest absolute Gasteiger partial charge is 0.497 e. The van der Waals surface area contributed by atoms with Crippen LogP contribution in [-0.2, 0) is 14.8 Å². The fourth-order valence-electron chi connectivity index (χ4n) is 4.22. The summed E-state index contributed by atoms with van der Waals surface area (Å²) in [5.41, 5.74) is 2.34. The number of hydrogen-bond donors (Lipinski definition) is 2. The van der Waals surface area contributed by atoms with Crippen molar-refractivity contribution in [3.63, 3.8) is 0 Å². The van der Waals surface area contributed by atoms with E-state index in [9.17, 15) is 13.2 Å². The van der Waals surface area contributed by atoms with Gasteiger partial charge in [0.25, 0.3) is 10.0 Å². The second kappa shape index (κ2) is 11.2. The first-order valence-electron chi connectivity index (χ1n) is 12.0. The lowest BCUT2D eigenvalue weighted by Crippen LogP contribution is -2.38. The average Bonchev–Trinajstić information content (AvgIpc) is 3.46. The number of thiazole rings is 1. The molecule has 0 unspecified atom stereocenters. The SMILES string of the molecule is COc1ccc(-c2cc(N3CCC(C(=O)Nc4ccc(S(=O)(=O)Nc5nccs5)cc4)CC3)ncn2)cc1. The molecule has 0 saturated carbocycles. The summed E-state index contributed by atoms with van der Waals surface area (Å²) < 4.78 is 32.7. The normalized spacial score (nSPS) is 14.2. The van der Waals surface area contributed by atoms with E-state index < -0.39 is 10.0 Å². The number of ether oxygens (including phenoxy) is 1. The molecule has 2 N–H and O–H groups in total. The van der Waals surface area contributed by atoms with Gasteiger partial charge < -0.3 is 15.0 Å². The third-order valence-corrected chi connectivity index (χ3v) is 8.49. The number of benzene rings is 2. The van der Waals surface area contributed by atoms with E-state index >= 15 is 0 Å². The van der Waals surface area contributed by atoms with Gasteiger partial charge in [0.1, 0.15) is 17.9 Å². The van der Waals surface area contributed by atoms with Gasteiger partial charge in [0.2, 0.25) is 5.91 Å². The van der Waals surface area contributed by atoms with Gasteiger partial charge in [-0.2, -0.15) is 0 Å². The van der Waals surface area contributed by atoms with Crippen molar-refractivity contribution in [2.24, 2.45) is 5.92 Å². The number of carbonyl (C=O) groups is 1. The van der Waals surface area contributed by atoms with Crippen molar-refractivity contribution in [3.05, 3.63) is 72.5 Å². The summed E-state index contributed by atoms with van der Waals surface area (Å²) in [5.74, 6) is 1.38. The molecule has 1 aliphatic rings. The molecule has 1 saturated heterocycles. The van der Waals surface area contributed by atoms with Crippen molar-refractivity contribution < 1.29 is 17.9 Å². The highest BCUT2D eigenvalue weighted by Crippen LogP contribution is 2.27. The van der Waals surface area contributed by atoms with Gasteiger partial charge in [-0.3, -0.25) is 9.52 Å². The molecule has 38 heavy (non-hydrogen) atoms. The third-order valence-electron chi connectivity index (χ3n) is 6.31. The monoisotopic (exact) mass is 550 g/mol. The fraction of sp³-hybridized carbons (Fsp3) is 0.231. The number of nitrogens with one attached hydrogen (secondary N) is 2. The first kappa shape index (κ1) is 25.6. The van der Waals surface area contributed by atoms with Crippen LogP contribution in [0.5, 0.6) is 5.75 Å². The van der Waals surface area contributed by atoms with Crippen molar-refractivity contribution in [2.45, 2.75) is 17.7 Å². The van der Waals surface area contributed by atoms with E-state index in [-0.39, 0.29) is 16.7 Å². The zero-order chi connectivity index (χ0) is 26.5. The topological polar surface area (TPSA) is 126 Å². The molecule has 10 nitrogen and oxygen atoms in total. The molecular formula is C26H26N6O4S2. The maximum absolute atomic E-state index is 12.9. The highest BCUT2D eigenvalue weighted by atomic mass is 32.2. The molecule has 1 aliphatic heterocycles. The third kappa shape index (κ3) is 5.92. The van der Waals surface area contributed by atoms with Crippen LogP contribution >= 0.6 is 11.3 Å². The molecular weight excluding hydrogens is 524 g/mol. The molecule has 2 aromatic carbocycles. The quantitative estimate of drug-likeness (QED) is 0.333. The molecule has 0 atom stereocenters. The Morgan fingerprint density at radius 2 is 1.76 bits per heavy atom. The van der Waals surface area contributed by atoms with Gasteiger partial charge in [0, 0.05) is 47.9 Å².